The van der Waals surface area contributed by atoms with Crippen LogP contribution >= 0.6 is 54.8 Å². The summed E-state index contributed by atoms with van der Waals surface area (Å²) in [5.41, 5.74) is 2.65. The van der Waals surface area contributed by atoms with Gasteiger partial charge < -0.3 is 10.2 Å². The van der Waals surface area contributed by atoms with E-state index in [4.69, 9.17) is 11.6 Å². The van der Waals surface area contributed by atoms with Crippen LogP contribution in [-0.4, -0.2) is 49.3 Å². The zero-order valence-electron chi connectivity index (χ0n) is 14.9. The van der Waals surface area contributed by atoms with Crippen LogP contribution in [-0.2, 0) is 4.79 Å². The number of para-hydroxylation sites is 1. The number of fused-ring (bicyclic) bond motifs is 1. The van der Waals surface area contributed by atoms with Gasteiger partial charge in [0, 0.05) is 43.7 Å². The molecule has 1 saturated heterocycles. The number of anilines is 1. The maximum atomic E-state index is 12.6. The Balaban J connectivity index is 1.33. The van der Waals surface area contributed by atoms with Crippen molar-refractivity contribution in [2.75, 3.05) is 37.6 Å². The fourth-order valence-corrected chi connectivity index (χ4v) is 7.40. The molecule has 1 fully saturated rings. The lowest BCUT2D eigenvalue weighted by atomic mass is 10.2. The molecule has 4 rings (SSSR count). The van der Waals surface area contributed by atoms with Gasteiger partial charge in [-0.1, -0.05) is 23.7 Å². The quantitative estimate of drug-likeness (QED) is 0.613. The fourth-order valence-electron chi connectivity index (χ4n) is 3.77. The highest BCUT2D eigenvalue weighted by Gasteiger charge is 2.36. The number of thiophene rings is 1. The summed E-state index contributed by atoms with van der Waals surface area (Å²) < 4.78 is 1.73. The van der Waals surface area contributed by atoms with Gasteiger partial charge in [-0.15, -0.1) is 11.3 Å². The molecule has 0 bridgehead atoms. The third-order valence-corrected chi connectivity index (χ3v) is 8.04. The summed E-state index contributed by atoms with van der Waals surface area (Å²) in [6.07, 6.45) is 0.321. The van der Waals surface area contributed by atoms with Crippen molar-refractivity contribution in [3.63, 3.8) is 0 Å². The molecule has 1 atom stereocenters. The molecule has 0 saturated carbocycles. The van der Waals surface area contributed by atoms with Gasteiger partial charge >= 0.3 is 0 Å². The Labute approximate surface area is 189 Å². The number of ketones is 1. The third kappa shape index (κ3) is 4.03. The molecule has 2 aliphatic rings. The minimum atomic E-state index is -0.253. The van der Waals surface area contributed by atoms with Crippen LogP contribution in [0.1, 0.15) is 28.4 Å². The number of benzene rings is 1. The van der Waals surface area contributed by atoms with E-state index in [0.29, 0.717) is 18.5 Å². The topological polar surface area (TPSA) is 52.7 Å². The predicted molar refractivity (Wildman–Crippen MR) is 120 cm³/mol. The van der Waals surface area contributed by atoms with E-state index in [-0.39, 0.29) is 17.7 Å². The number of rotatable bonds is 4. The summed E-state index contributed by atoms with van der Waals surface area (Å²) in [6, 6.07) is 7.58. The lowest BCUT2D eigenvalue weighted by molar-refractivity contribution is -0.123. The number of amides is 1. The van der Waals surface area contributed by atoms with Gasteiger partial charge in [0.2, 0.25) is 5.91 Å². The van der Waals surface area contributed by atoms with Crippen LogP contribution in [0.25, 0.3) is 0 Å². The van der Waals surface area contributed by atoms with Crippen molar-refractivity contribution >= 4 is 72.2 Å². The van der Waals surface area contributed by atoms with Crippen LogP contribution in [0.2, 0.25) is 5.02 Å². The maximum Gasteiger partial charge on any atom is 0.234 e. The van der Waals surface area contributed by atoms with Crippen molar-refractivity contribution in [2.24, 2.45) is 0 Å². The third-order valence-electron chi connectivity index (χ3n) is 5.14. The molecular weight excluding hydrogens is 530 g/mol. The van der Waals surface area contributed by atoms with E-state index < -0.39 is 0 Å². The molecule has 0 radical (unpaired) electrons. The largest absolute Gasteiger partial charge is 0.368 e. The second-order valence-electron chi connectivity index (χ2n) is 6.90. The number of carbonyl (C=O) groups excluding carboxylic acids is 2. The van der Waals surface area contributed by atoms with Gasteiger partial charge in [-0.2, -0.15) is 0 Å². The normalized spacial score (nSPS) is 19.8. The van der Waals surface area contributed by atoms with Gasteiger partial charge in [0.05, 0.1) is 30.9 Å². The number of hydrogen-bond donors (Lipinski definition) is 1. The first-order chi connectivity index (χ1) is 13.4. The lowest BCUT2D eigenvalue weighted by Crippen LogP contribution is -2.49. The summed E-state index contributed by atoms with van der Waals surface area (Å²) >= 11 is 14.7. The van der Waals surface area contributed by atoms with E-state index >= 15 is 0 Å². The molecular formula is C19H18Br2ClN3O2S. The van der Waals surface area contributed by atoms with E-state index in [9.17, 15) is 9.59 Å². The van der Waals surface area contributed by atoms with Gasteiger partial charge in [0.1, 0.15) is 0 Å². The summed E-state index contributed by atoms with van der Waals surface area (Å²) in [7, 11) is 0. The number of halogens is 3. The molecule has 1 aliphatic carbocycles. The van der Waals surface area contributed by atoms with Crippen LogP contribution in [0.15, 0.2) is 31.8 Å². The Morgan fingerprint density at radius 3 is 2.61 bits per heavy atom. The van der Waals surface area contributed by atoms with Gasteiger partial charge in [0.15, 0.2) is 5.78 Å². The number of piperazine rings is 1. The summed E-state index contributed by atoms with van der Waals surface area (Å²) in [5, 5.41) is 3.79. The summed E-state index contributed by atoms with van der Waals surface area (Å²) in [4.78, 5) is 29.2. The van der Waals surface area contributed by atoms with E-state index in [1.807, 2.05) is 24.3 Å². The maximum absolute atomic E-state index is 12.6. The lowest BCUT2D eigenvalue weighted by Gasteiger charge is -2.36. The molecule has 1 N–H and O–H groups in total. The van der Waals surface area contributed by atoms with Crippen molar-refractivity contribution in [1.29, 1.82) is 0 Å². The van der Waals surface area contributed by atoms with Crippen LogP contribution in [0, 0.1) is 0 Å². The van der Waals surface area contributed by atoms with Crippen molar-refractivity contribution < 1.29 is 9.59 Å². The summed E-state index contributed by atoms with van der Waals surface area (Å²) in [6.45, 7) is 3.57. The molecule has 148 valence electrons. The second-order valence-corrected chi connectivity index (χ2v) is 11.0. The number of Topliss-reactive ketones (excluding diaryl/α,β-unsaturated/α-hetero) is 1. The minimum Gasteiger partial charge on any atom is -0.368 e. The zero-order chi connectivity index (χ0) is 19.8. The fraction of sp³-hybridized carbons (Fsp3) is 0.368. The highest BCUT2D eigenvalue weighted by Crippen LogP contribution is 2.46. The highest BCUT2D eigenvalue weighted by molar-refractivity contribution is 9.12. The average molecular weight is 548 g/mol. The molecule has 28 heavy (non-hydrogen) atoms. The molecule has 9 heteroatoms. The van der Waals surface area contributed by atoms with E-state index in [2.05, 4.69) is 47.0 Å². The first-order valence-corrected chi connectivity index (χ1v) is 11.7. The van der Waals surface area contributed by atoms with Crippen molar-refractivity contribution in [3.8, 4) is 0 Å². The second kappa shape index (κ2) is 8.44. The zero-order valence-corrected chi connectivity index (χ0v) is 19.6. The molecule has 0 spiro atoms. The Hall–Kier alpha value is -0.930. The van der Waals surface area contributed by atoms with Crippen LogP contribution in [0.5, 0.6) is 0 Å². The smallest absolute Gasteiger partial charge is 0.234 e. The molecule has 2 aromatic rings. The van der Waals surface area contributed by atoms with Gasteiger partial charge in [-0.25, -0.2) is 0 Å². The molecule has 1 amide bonds. The van der Waals surface area contributed by atoms with Crippen LogP contribution in [0.4, 0.5) is 5.69 Å². The Kier molecular flexibility index (Phi) is 6.13. The number of carbonyl (C=O) groups is 2. The molecule has 1 aromatic heterocycles. The molecule has 5 nitrogen and oxygen atoms in total. The average Bonchev–Trinajstić information content (AvgIpc) is 3.14. The standard InChI is InChI=1S/C19H18Br2ClN3O2S/c20-18-16-12(9-14(26)17(16)19(21)28-18)23-15(27)10-24-5-7-25(8-6-24)13-4-2-1-3-11(13)22/h1-4,12H,5-10H2,(H,23,27). The number of nitrogens with one attached hydrogen (secondary N) is 1. The van der Waals surface area contributed by atoms with E-state index in [0.717, 1.165) is 50.0 Å². The van der Waals surface area contributed by atoms with Crippen molar-refractivity contribution in [1.82, 2.24) is 10.2 Å². The number of nitrogens with zero attached hydrogens (tertiary/aromatic N) is 2. The Morgan fingerprint density at radius 2 is 1.89 bits per heavy atom. The monoisotopic (exact) mass is 545 g/mol. The number of hydrogen-bond acceptors (Lipinski definition) is 5. The van der Waals surface area contributed by atoms with Crippen molar-refractivity contribution in [3.05, 3.63) is 48.0 Å². The summed E-state index contributed by atoms with van der Waals surface area (Å²) in [5.74, 6) is 0.0218. The van der Waals surface area contributed by atoms with Gasteiger partial charge in [0.25, 0.3) is 0 Å². The Morgan fingerprint density at radius 1 is 1.18 bits per heavy atom. The van der Waals surface area contributed by atoms with Gasteiger partial charge in [-0.05, 0) is 44.0 Å². The Bertz CT molecular complexity index is 928. The highest BCUT2D eigenvalue weighted by atomic mass is 79.9. The molecule has 1 aromatic carbocycles. The molecule has 1 unspecified atom stereocenters. The molecule has 1 aliphatic heterocycles. The first kappa shape index (κ1) is 20.3. The SMILES string of the molecule is O=C(CN1CCN(c2ccccc2Cl)CC1)NC1CC(=O)c2c(Br)sc(Br)c21. The van der Waals surface area contributed by atoms with Gasteiger partial charge in [-0.3, -0.25) is 14.5 Å². The van der Waals surface area contributed by atoms with Crippen LogP contribution in [0.3, 0.4) is 0 Å². The van der Waals surface area contributed by atoms with E-state index in [1.165, 1.54) is 11.3 Å². The van der Waals surface area contributed by atoms with E-state index in [1.54, 1.807) is 0 Å². The predicted octanol–water partition coefficient (Wildman–Crippen LogP) is 4.49. The van der Waals surface area contributed by atoms with Crippen LogP contribution < -0.4 is 10.2 Å². The minimum absolute atomic E-state index is 0.0499. The molecule has 2 heterocycles. The van der Waals surface area contributed by atoms with Crippen molar-refractivity contribution in [2.45, 2.75) is 12.5 Å². The first-order valence-electron chi connectivity index (χ1n) is 8.96.